The van der Waals surface area contributed by atoms with Crippen LogP contribution in [0.2, 0.25) is 0 Å². The third-order valence-corrected chi connectivity index (χ3v) is 11.9. The molecule has 4 aliphatic rings. The first-order chi connectivity index (χ1) is 20.3. The first-order valence-corrected chi connectivity index (χ1v) is 17.2. The maximum atomic E-state index is 16.0. The lowest BCUT2D eigenvalue weighted by Crippen LogP contribution is -2.51. The number of alkyl halides is 1. The molecule has 0 radical (unpaired) electrons. The summed E-state index contributed by atoms with van der Waals surface area (Å²) in [5.74, 6) is 2.13. The number of benzene rings is 1. The Morgan fingerprint density at radius 2 is 1.83 bits per heavy atom. The van der Waals surface area contributed by atoms with Gasteiger partial charge in [0, 0.05) is 32.5 Å². The van der Waals surface area contributed by atoms with E-state index >= 15 is 4.39 Å². The SMILES string of the molecule is COCCN(CCCCCC[C@@H]1Cc2cc(O)ccc2C2C1C1CC[C@H](O)[C@@]1(C)C[C@@H]2F)C(=O)CCC1CCCCC1. The molecule has 1 amide bonds. The minimum atomic E-state index is -0.955. The predicted molar refractivity (Wildman–Crippen MR) is 165 cm³/mol. The van der Waals surface area contributed by atoms with Gasteiger partial charge >= 0.3 is 0 Å². The predicted octanol–water partition coefficient (Wildman–Crippen LogP) is 7.57. The van der Waals surface area contributed by atoms with Crippen molar-refractivity contribution in [2.45, 2.75) is 128 Å². The zero-order valence-electron chi connectivity index (χ0n) is 26.2. The van der Waals surface area contributed by atoms with E-state index in [1.165, 1.54) is 32.1 Å². The highest BCUT2D eigenvalue weighted by molar-refractivity contribution is 5.76. The number of hydrogen-bond donors (Lipinski definition) is 2. The minimum absolute atomic E-state index is 0.128. The fourth-order valence-electron chi connectivity index (χ4n) is 9.62. The molecular formula is C36H56FNO4. The Labute approximate surface area is 253 Å². The standard InChI is InChI=1S/C36H56FNO4/c1-36-24-31(37)35-29-15-14-28(39)23-27(29)22-26(34(35)30(36)16-17-32(36)40)12-8-3-4-9-19-38(20-21-42-2)33(41)18-13-25-10-6-5-7-11-25/h14-15,23,25-26,30-32,34-35,39-40H,3-13,16-22,24H2,1-2H3/t26-,30?,31+,32+,34?,35?,36+/m1/s1. The van der Waals surface area contributed by atoms with Crippen LogP contribution in [0.15, 0.2) is 18.2 Å². The maximum Gasteiger partial charge on any atom is 0.222 e. The van der Waals surface area contributed by atoms with E-state index in [9.17, 15) is 15.0 Å². The van der Waals surface area contributed by atoms with Crippen molar-refractivity contribution in [3.8, 4) is 5.75 Å². The molecule has 1 aromatic rings. The summed E-state index contributed by atoms with van der Waals surface area (Å²) in [7, 11) is 1.70. The molecular weight excluding hydrogens is 529 g/mol. The lowest BCUT2D eigenvalue weighted by molar-refractivity contribution is -0.132. The van der Waals surface area contributed by atoms with E-state index in [1.54, 1.807) is 13.2 Å². The number of phenolic OH excluding ortho intramolecular Hbond substituents is 1. The third kappa shape index (κ3) is 7.01. The minimum Gasteiger partial charge on any atom is -0.508 e. The summed E-state index contributed by atoms with van der Waals surface area (Å²) in [6, 6.07) is 5.55. The first-order valence-electron chi connectivity index (χ1n) is 17.2. The molecule has 7 atom stereocenters. The molecule has 1 aromatic carbocycles. The number of ether oxygens (including phenoxy) is 1. The molecule has 5 rings (SSSR count). The van der Waals surface area contributed by atoms with Crippen molar-refractivity contribution in [2.75, 3.05) is 26.8 Å². The second-order valence-electron chi connectivity index (χ2n) is 14.5. The molecule has 3 fully saturated rings. The summed E-state index contributed by atoms with van der Waals surface area (Å²) in [6.07, 6.45) is 15.3. The molecule has 0 saturated heterocycles. The van der Waals surface area contributed by atoms with Crippen LogP contribution < -0.4 is 0 Å². The van der Waals surface area contributed by atoms with E-state index in [-0.39, 0.29) is 28.9 Å². The second kappa shape index (κ2) is 14.4. The largest absolute Gasteiger partial charge is 0.508 e. The monoisotopic (exact) mass is 585 g/mol. The van der Waals surface area contributed by atoms with Crippen LogP contribution in [0.4, 0.5) is 4.39 Å². The Balaban J connectivity index is 1.14. The van der Waals surface area contributed by atoms with Gasteiger partial charge in [0.2, 0.25) is 5.91 Å². The zero-order valence-corrected chi connectivity index (χ0v) is 26.2. The molecule has 5 nitrogen and oxygen atoms in total. The topological polar surface area (TPSA) is 70.0 Å². The van der Waals surface area contributed by atoms with Crippen molar-refractivity contribution in [1.82, 2.24) is 4.90 Å². The molecule has 42 heavy (non-hydrogen) atoms. The summed E-state index contributed by atoms with van der Waals surface area (Å²) >= 11 is 0. The summed E-state index contributed by atoms with van der Waals surface area (Å²) in [4.78, 5) is 15.1. The van der Waals surface area contributed by atoms with Crippen LogP contribution in [0.1, 0.15) is 120 Å². The Morgan fingerprint density at radius 1 is 1.05 bits per heavy atom. The van der Waals surface area contributed by atoms with Crippen molar-refractivity contribution in [1.29, 1.82) is 0 Å². The lowest BCUT2D eigenvalue weighted by atomic mass is 9.51. The number of methoxy groups -OCH3 is 1. The quantitative estimate of drug-likeness (QED) is 0.234. The van der Waals surface area contributed by atoms with Gasteiger partial charge in [-0.15, -0.1) is 0 Å². The van der Waals surface area contributed by atoms with E-state index < -0.39 is 12.3 Å². The maximum absolute atomic E-state index is 16.0. The molecule has 0 aliphatic heterocycles. The van der Waals surface area contributed by atoms with Gasteiger partial charge in [-0.05, 0) is 97.3 Å². The number of nitrogens with zero attached hydrogens (tertiary/aromatic N) is 1. The Hall–Kier alpha value is -1.66. The average Bonchev–Trinajstić information content (AvgIpc) is 3.28. The van der Waals surface area contributed by atoms with Gasteiger partial charge in [-0.1, -0.05) is 64.4 Å². The van der Waals surface area contributed by atoms with Crippen LogP contribution in [0, 0.1) is 29.1 Å². The number of fused-ring (bicyclic) bond motifs is 5. The number of carbonyl (C=O) groups is 1. The highest BCUT2D eigenvalue weighted by Crippen LogP contribution is 2.63. The van der Waals surface area contributed by atoms with Crippen molar-refractivity contribution in [2.24, 2.45) is 29.1 Å². The van der Waals surface area contributed by atoms with Crippen LogP contribution in [0.25, 0.3) is 0 Å². The molecule has 3 saturated carbocycles. The number of aliphatic hydroxyl groups excluding tert-OH is 1. The number of aromatic hydroxyl groups is 1. The van der Waals surface area contributed by atoms with Gasteiger partial charge < -0.3 is 19.8 Å². The molecule has 2 N–H and O–H groups in total. The molecule has 0 spiro atoms. The Kier molecular flexibility index (Phi) is 10.9. The molecule has 236 valence electrons. The summed E-state index contributed by atoms with van der Waals surface area (Å²) in [5.41, 5.74) is 1.88. The van der Waals surface area contributed by atoms with Gasteiger partial charge in [0.05, 0.1) is 12.7 Å². The van der Waals surface area contributed by atoms with Crippen molar-refractivity contribution in [3.05, 3.63) is 29.3 Å². The summed E-state index contributed by atoms with van der Waals surface area (Å²) in [5, 5.41) is 21.1. The normalized spacial score (nSPS) is 32.7. The van der Waals surface area contributed by atoms with Gasteiger partial charge in [0.15, 0.2) is 0 Å². The zero-order chi connectivity index (χ0) is 29.7. The number of carbonyl (C=O) groups excluding carboxylic acids is 1. The number of aliphatic hydroxyl groups is 1. The number of amides is 1. The van der Waals surface area contributed by atoms with Gasteiger partial charge in [-0.2, -0.15) is 0 Å². The number of halogens is 1. The van der Waals surface area contributed by atoms with Crippen LogP contribution in [-0.4, -0.2) is 60.1 Å². The molecule has 3 unspecified atom stereocenters. The van der Waals surface area contributed by atoms with Crippen molar-refractivity contribution < 1.29 is 24.1 Å². The Bertz CT molecular complexity index is 1030. The average molecular weight is 586 g/mol. The molecule has 0 bridgehead atoms. The van der Waals surface area contributed by atoms with Crippen LogP contribution in [0.3, 0.4) is 0 Å². The number of phenols is 1. The highest BCUT2D eigenvalue weighted by atomic mass is 19.1. The fourth-order valence-corrected chi connectivity index (χ4v) is 9.62. The van der Waals surface area contributed by atoms with E-state index in [2.05, 4.69) is 6.92 Å². The molecule has 6 heteroatoms. The summed E-state index contributed by atoms with van der Waals surface area (Å²) in [6.45, 7) is 4.19. The smallest absolute Gasteiger partial charge is 0.222 e. The van der Waals surface area contributed by atoms with E-state index in [4.69, 9.17) is 4.74 Å². The van der Waals surface area contributed by atoms with E-state index in [0.717, 1.165) is 81.4 Å². The molecule has 0 aromatic heterocycles. The van der Waals surface area contributed by atoms with Crippen LogP contribution >= 0.6 is 0 Å². The van der Waals surface area contributed by atoms with Crippen LogP contribution in [0.5, 0.6) is 5.75 Å². The van der Waals surface area contributed by atoms with Crippen molar-refractivity contribution in [3.63, 3.8) is 0 Å². The highest BCUT2D eigenvalue weighted by Gasteiger charge is 2.59. The van der Waals surface area contributed by atoms with E-state index in [0.29, 0.717) is 37.8 Å². The van der Waals surface area contributed by atoms with E-state index in [1.807, 2.05) is 17.0 Å². The Morgan fingerprint density at radius 3 is 2.62 bits per heavy atom. The van der Waals surface area contributed by atoms with Gasteiger partial charge in [0.1, 0.15) is 11.9 Å². The number of unbranched alkanes of at least 4 members (excludes halogenated alkanes) is 3. The number of hydrogen-bond acceptors (Lipinski definition) is 4. The van der Waals surface area contributed by atoms with Gasteiger partial charge in [-0.3, -0.25) is 4.79 Å². The summed E-state index contributed by atoms with van der Waals surface area (Å²) < 4.78 is 21.3. The van der Waals surface area contributed by atoms with Gasteiger partial charge in [-0.25, -0.2) is 4.39 Å². The number of rotatable bonds is 13. The van der Waals surface area contributed by atoms with Gasteiger partial charge in [0.25, 0.3) is 0 Å². The van der Waals surface area contributed by atoms with Crippen molar-refractivity contribution >= 4 is 5.91 Å². The van der Waals surface area contributed by atoms with Crippen LogP contribution in [-0.2, 0) is 16.0 Å². The lowest BCUT2D eigenvalue weighted by Gasteiger charge is -2.54. The molecule has 0 heterocycles. The first kappa shape index (κ1) is 31.8. The molecule has 4 aliphatic carbocycles. The second-order valence-corrected chi connectivity index (χ2v) is 14.5. The third-order valence-electron chi connectivity index (χ3n) is 11.9. The fraction of sp³-hybridized carbons (Fsp3) is 0.806.